The molecule has 0 saturated carbocycles. The Morgan fingerprint density at radius 1 is 0.806 bits per heavy atom. The molecule has 2 aromatic carbocycles. The molecular weight excluding hydrogens is 412 g/mol. The van der Waals surface area contributed by atoms with Gasteiger partial charge in [-0.15, -0.1) is 0 Å². The van der Waals surface area contributed by atoms with Crippen molar-refractivity contribution >= 4 is 28.8 Å². The van der Waals surface area contributed by atoms with Gasteiger partial charge in [-0.2, -0.15) is 0 Å². The Morgan fingerprint density at radius 2 is 1.52 bits per heavy atom. The van der Waals surface area contributed by atoms with Crippen LogP contribution in [0.2, 0.25) is 5.02 Å². The van der Waals surface area contributed by atoms with Gasteiger partial charge in [-0.1, -0.05) is 16.8 Å². The fourth-order valence-corrected chi connectivity index (χ4v) is 4.10. The highest BCUT2D eigenvalue weighted by atomic mass is 35.5. The van der Waals surface area contributed by atoms with Gasteiger partial charge in [0.2, 0.25) is 5.84 Å². The number of oxime groups is 1. The number of piperazine rings is 1. The lowest BCUT2D eigenvalue weighted by atomic mass is 10.2. The molecule has 0 bridgehead atoms. The summed E-state index contributed by atoms with van der Waals surface area (Å²) >= 11 is 6.01. The third kappa shape index (κ3) is 4.40. The molecule has 5 rings (SSSR count). The topological polar surface area (TPSA) is 53.2 Å². The van der Waals surface area contributed by atoms with Crippen LogP contribution in [-0.4, -0.2) is 45.2 Å². The van der Waals surface area contributed by atoms with Crippen molar-refractivity contribution in [3.05, 3.63) is 71.4 Å². The molecule has 1 N–H and O–H groups in total. The summed E-state index contributed by atoms with van der Waals surface area (Å²) < 4.78 is 6.16. The summed E-state index contributed by atoms with van der Waals surface area (Å²) in [5, 5.41) is 8.49. The Bertz CT molecular complexity index is 1040. The lowest BCUT2D eigenvalue weighted by Gasteiger charge is -2.30. The van der Waals surface area contributed by atoms with Crippen LogP contribution in [0.4, 0.5) is 11.4 Å². The Hall–Kier alpha value is -2.96. The predicted octanol–water partition coefficient (Wildman–Crippen LogP) is 4.60. The molecule has 1 saturated heterocycles. The Balaban J connectivity index is 1.41. The molecule has 0 spiro atoms. The van der Waals surface area contributed by atoms with Gasteiger partial charge in [0.05, 0.1) is 0 Å². The van der Waals surface area contributed by atoms with Crippen LogP contribution in [0, 0.1) is 0 Å². The van der Waals surface area contributed by atoms with E-state index in [1.54, 1.807) is 0 Å². The molecule has 6 nitrogen and oxygen atoms in total. The molecule has 2 aliphatic heterocycles. The lowest BCUT2D eigenvalue weighted by Crippen LogP contribution is -2.43. The second-order valence-corrected chi connectivity index (χ2v) is 8.11. The second kappa shape index (κ2) is 9.04. The van der Waals surface area contributed by atoms with E-state index in [1.807, 2.05) is 36.4 Å². The molecule has 0 radical (unpaired) electrons. The minimum Gasteiger partial charge on any atom is -0.453 e. The molecule has 3 heterocycles. The fraction of sp³-hybridized carbons (Fsp3) is 0.292. The standard InChI is InChI=1S/C24H25ClN4O2/c25-19-4-2-18(3-5-19)22-10-11-23(31-22)24-27-30-17-1-14-29(24)21-8-6-20(7-9-21)28-15-12-26-13-16-28/h2-11,26H,1,12-17H2. The maximum Gasteiger partial charge on any atom is 0.215 e. The van der Waals surface area contributed by atoms with E-state index in [0.717, 1.165) is 56.2 Å². The zero-order chi connectivity index (χ0) is 21.0. The zero-order valence-electron chi connectivity index (χ0n) is 17.3. The first-order chi connectivity index (χ1) is 15.3. The van der Waals surface area contributed by atoms with Crippen LogP contribution in [0.1, 0.15) is 12.2 Å². The number of hydrogen-bond acceptors (Lipinski definition) is 6. The molecule has 1 aromatic heterocycles. The normalized spacial score (nSPS) is 17.1. The summed E-state index contributed by atoms with van der Waals surface area (Å²) in [5.41, 5.74) is 3.29. The number of nitrogens with zero attached hydrogens (tertiary/aromatic N) is 3. The van der Waals surface area contributed by atoms with Gasteiger partial charge in [0.1, 0.15) is 12.4 Å². The minimum atomic E-state index is 0.587. The van der Waals surface area contributed by atoms with Crippen LogP contribution in [0.15, 0.2) is 70.2 Å². The van der Waals surface area contributed by atoms with E-state index in [-0.39, 0.29) is 0 Å². The summed E-state index contributed by atoms with van der Waals surface area (Å²) in [4.78, 5) is 10.1. The average molecular weight is 437 g/mol. The maximum absolute atomic E-state index is 6.16. The summed E-state index contributed by atoms with van der Waals surface area (Å²) in [7, 11) is 0. The van der Waals surface area contributed by atoms with Gasteiger partial charge in [-0.05, 0) is 60.7 Å². The summed E-state index contributed by atoms with van der Waals surface area (Å²) in [6.45, 7) is 5.51. The van der Waals surface area contributed by atoms with E-state index in [1.165, 1.54) is 5.69 Å². The van der Waals surface area contributed by atoms with E-state index in [9.17, 15) is 0 Å². The van der Waals surface area contributed by atoms with Crippen molar-refractivity contribution in [1.82, 2.24) is 5.32 Å². The third-order valence-corrected chi connectivity index (χ3v) is 5.87. The molecule has 0 aliphatic carbocycles. The smallest absolute Gasteiger partial charge is 0.215 e. The molecule has 0 amide bonds. The van der Waals surface area contributed by atoms with Gasteiger partial charge in [-0.3, -0.25) is 0 Å². The highest BCUT2D eigenvalue weighted by Gasteiger charge is 2.23. The second-order valence-electron chi connectivity index (χ2n) is 7.68. The van der Waals surface area contributed by atoms with Crippen LogP contribution in [0.5, 0.6) is 0 Å². The van der Waals surface area contributed by atoms with Crippen LogP contribution in [0.25, 0.3) is 11.3 Å². The van der Waals surface area contributed by atoms with Crippen molar-refractivity contribution in [2.75, 3.05) is 49.1 Å². The van der Waals surface area contributed by atoms with Crippen molar-refractivity contribution in [3.63, 3.8) is 0 Å². The van der Waals surface area contributed by atoms with Crippen LogP contribution in [-0.2, 0) is 4.84 Å². The molecule has 0 unspecified atom stereocenters. The zero-order valence-corrected chi connectivity index (χ0v) is 18.0. The summed E-state index contributed by atoms with van der Waals surface area (Å²) in [6, 6.07) is 20.2. The maximum atomic E-state index is 6.16. The minimum absolute atomic E-state index is 0.587. The predicted molar refractivity (Wildman–Crippen MR) is 125 cm³/mol. The number of halogens is 1. The highest BCUT2D eigenvalue weighted by molar-refractivity contribution is 6.30. The van der Waals surface area contributed by atoms with Crippen LogP contribution >= 0.6 is 11.6 Å². The Labute approximate surface area is 187 Å². The van der Waals surface area contributed by atoms with Gasteiger partial charge in [0.15, 0.2) is 5.76 Å². The monoisotopic (exact) mass is 436 g/mol. The number of amidine groups is 1. The van der Waals surface area contributed by atoms with Gasteiger partial charge in [0.25, 0.3) is 0 Å². The first kappa shape index (κ1) is 20.0. The van der Waals surface area contributed by atoms with Gasteiger partial charge >= 0.3 is 0 Å². The molecule has 0 atom stereocenters. The average Bonchev–Trinajstić information content (AvgIpc) is 3.18. The molecule has 3 aromatic rings. The van der Waals surface area contributed by atoms with E-state index in [4.69, 9.17) is 20.9 Å². The number of furan rings is 1. The SMILES string of the molecule is Clc1ccc(-c2ccc(C3=NOCCCN3c3ccc(N4CCNCC4)cc3)o2)cc1. The van der Waals surface area contributed by atoms with Gasteiger partial charge < -0.3 is 24.4 Å². The first-order valence-electron chi connectivity index (χ1n) is 10.7. The molecule has 31 heavy (non-hydrogen) atoms. The van der Waals surface area contributed by atoms with Gasteiger partial charge in [0, 0.05) is 61.1 Å². The third-order valence-electron chi connectivity index (χ3n) is 5.62. The number of rotatable bonds is 4. The van der Waals surface area contributed by atoms with Crippen molar-refractivity contribution in [2.45, 2.75) is 6.42 Å². The van der Waals surface area contributed by atoms with E-state index in [2.05, 4.69) is 44.5 Å². The van der Waals surface area contributed by atoms with E-state index >= 15 is 0 Å². The van der Waals surface area contributed by atoms with Crippen LogP contribution < -0.4 is 15.1 Å². The van der Waals surface area contributed by atoms with Crippen molar-refractivity contribution in [1.29, 1.82) is 0 Å². The van der Waals surface area contributed by atoms with Crippen molar-refractivity contribution in [3.8, 4) is 11.3 Å². The first-order valence-corrected chi connectivity index (χ1v) is 11.1. The highest BCUT2D eigenvalue weighted by Crippen LogP contribution is 2.28. The molecule has 1 fully saturated rings. The van der Waals surface area contributed by atoms with Gasteiger partial charge in [-0.25, -0.2) is 0 Å². The Kier molecular flexibility index (Phi) is 5.82. The molecule has 7 heteroatoms. The number of hydrogen-bond donors (Lipinski definition) is 1. The summed E-state index contributed by atoms with van der Waals surface area (Å²) in [5.74, 6) is 2.14. The molecule has 2 aliphatic rings. The Morgan fingerprint density at radius 3 is 2.29 bits per heavy atom. The largest absolute Gasteiger partial charge is 0.453 e. The molecule has 160 valence electrons. The number of nitrogens with one attached hydrogen (secondary N) is 1. The fourth-order valence-electron chi connectivity index (χ4n) is 3.97. The van der Waals surface area contributed by atoms with E-state index in [0.29, 0.717) is 23.2 Å². The van der Waals surface area contributed by atoms with E-state index < -0.39 is 0 Å². The number of anilines is 2. The summed E-state index contributed by atoms with van der Waals surface area (Å²) in [6.07, 6.45) is 0.886. The van der Waals surface area contributed by atoms with Crippen LogP contribution in [0.3, 0.4) is 0 Å². The number of benzene rings is 2. The van der Waals surface area contributed by atoms with Crippen molar-refractivity contribution in [2.24, 2.45) is 5.16 Å². The molecular formula is C24H25ClN4O2. The quantitative estimate of drug-likeness (QED) is 0.647. The lowest BCUT2D eigenvalue weighted by molar-refractivity contribution is 0.148. The van der Waals surface area contributed by atoms with Crippen molar-refractivity contribution < 1.29 is 9.25 Å².